The molecule has 0 spiro atoms. The van der Waals surface area contributed by atoms with Gasteiger partial charge >= 0.3 is 0 Å². The predicted molar refractivity (Wildman–Crippen MR) is 109 cm³/mol. The lowest BCUT2D eigenvalue weighted by Crippen LogP contribution is -2.18. The van der Waals surface area contributed by atoms with Crippen LogP contribution in [0.3, 0.4) is 0 Å². The van der Waals surface area contributed by atoms with E-state index in [0.717, 1.165) is 16.5 Å². The number of hydrogen-bond acceptors (Lipinski definition) is 2. The number of carbonyl (C=O) groups excluding carboxylic acids is 1. The maximum absolute atomic E-state index is 12.5. The van der Waals surface area contributed by atoms with Crippen LogP contribution in [0.15, 0.2) is 79.0 Å². The fourth-order valence-corrected chi connectivity index (χ4v) is 3.17. The van der Waals surface area contributed by atoms with E-state index in [0.29, 0.717) is 23.8 Å². The normalized spacial score (nSPS) is 10.9. The molecule has 0 saturated carbocycles. The van der Waals surface area contributed by atoms with E-state index in [1.54, 1.807) is 16.9 Å². The fraction of sp³-hybridized carbons (Fsp3) is 0.0909. The van der Waals surface area contributed by atoms with Crippen molar-refractivity contribution in [2.45, 2.75) is 13.0 Å². The summed E-state index contributed by atoms with van der Waals surface area (Å²) in [6.07, 6.45) is 2.00. The van der Waals surface area contributed by atoms with Gasteiger partial charge in [-0.25, -0.2) is 4.68 Å². The summed E-state index contributed by atoms with van der Waals surface area (Å²) in [7, 11) is 0. The molecule has 5 heteroatoms. The van der Waals surface area contributed by atoms with Crippen LogP contribution in [0.4, 0.5) is 5.82 Å². The van der Waals surface area contributed by atoms with Gasteiger partial charge in [-0.05, 0) is 34.0 Å². The average molecular weight is 376 g/mol. The van der Waals surface area contributed by atoms with E-state index < -0.39 is 0 Å². The maximum Gasteiger partial charge on any atom is 0.229 e. The minimum Gasteiger partial charge on any atom is -0.311 e. The highest BCUT2D eigenvalue weighted by molar-refractivity contribution is 6.30. The Hall–Kier alpha value is -3.11. The van der Waals surface area contributed by atoms with Gasteiger partial charge in [-0.3, -0.25) is 4.79 Å². The third kappa shape index (κ3) is 4.18. The molecule has 0 aliphatic rings. The molecule has 0 unspecified atom stereocenters. The summed E-state index contributed by atoms with van der Waals surface area (Å²) in [6, 6.07) is 23.6. The van der Waals surface area contributed by atoms with E-state index in [4.69, 9.17) is 11.6 Å². The van der Waals surface area contributed by atoms with E-state index in [1.165, 1.54) is 5.39 Å². The zero-order chi connectivity index (χ0) is 18.6. The molecule has 0 saturated heterocycles. The number of aromatic nitrogens is 2. The summed E-state index contributed by atoms with van der Waals surface area (Å²) in [4.78, 5) is 12.5. The van der Waals surface area contributed by atoms with Crippen molar-refractivity contribution in [1.29, 1.82) is 0 Å². The van der Waals surface area contributed by atoms with Crippen molar-refractivity contribution in [3.05, 3.63) is 95.1 Å². The minimum absolute atomic E-state index is 0.0665. The minimum atomic E-state index is -0.0665. The number of fused-ring (bicyclic) bond motifs is 1. The largest absolute Gasteiger partial charge is 0.311 e. The summed E-state index contributed by atoms with van der Waals surface area (Å²) in [5.74, 6) is 0.610. The van der Waals surface area contributed by atoms with Gasteiger partial charge in [-0.15, -0.1) is 0 Å². The van der Waals surface area contributed by atoms with Crippen LogP contribution >= 0.6 is 11.6 Å². The van der Waals surface area contributed by atoms with Gasteiger partial charge in [0, 0.05) is 11.1 Å². The Balaban J connectivity index is 1.45. The number of hydrogen-bond donors (Lipinski definition) is 1. The first kappa shape index (κ1) is 17.3. The third-order valence-electron chi connectivity index (χ3n) is 4.41. The van der Waals surface area contributed by atoms with Crippen LogP contribution in [0.1, 0.15) is 11.1 Å². The molecular weight excluding hydrogens is 358 g/mol. The average Bonchev–Trinajstić information content (AvgIpc) is 3.10. The lowest BCUT2D eigenvalue weighted by molar-refractivity contribution is -0.115. The molecular formula is C22H18ClN3O. The Bertz CT molecular complexity index is 1090. The van der Waals surface area contributed by atoms with Gasteiger partial charge in [-0.2, -0.15) is 5.10 Å². The molecule has 0 aliphatic carbocycles. The molecule has 0 radical (unpaired) electrons. The molecule has 0 atom stereocenters. The van der Waals surface area contributed by atoms with Crippen LogP contribution in [0.5, 0.6) is 0 Å². The number of rotatable bonds is 5. The number of anilines is 1. The molecule has 4 rings (SSSR count). The summed E-state index contributed by atoms with van der Waals surface area (Å²) in [5, 5.41) is 10.3. The monoisotopic (exact) mass is 375 g/mol. The van der Waals surface area contributed by atoms with Gasteiger partial charge < -0.3 is 5.32 Å². The van der Waals surface area contributed by atoms with Gasteiger partial charge in [0.25, 0.3) is 0 Å². The molecule has 1 N–H and O–H groups in total. The molecule has 1 aromatic heterocycles. The Labute approximate surface area is 162 Å². The fourth-order valence-electron chi connectivity index (χ4n) is 3.05. The smallest absolute Gasteiger partial charge is 0.229 e. The second-order valence-electron chi connectivity index (χ2n) is 6.41. The summed E-state index contributed by atoms with van der Waals surface area (Å²) >= 11 is 5.93. The van der Waals surface area contributed by atoms with Crippen LogP contribution in [0.25, 0.3) is 10.8 Å². The molecule has 0 fully saturated rings. The highest BCUT2D eigenvalue weighted by Crippen LogP contribution is 2.17. The SMILES string of the molecule is O=C(Cc1ccc2ccccc2c1)Nc1ccnn1Cc1ccc(Cl)cc1. The molecule has 3 aromatic carbocycles. The van der Waals surface area contributed by atoms with Gasteiger partial charge in [0.05, 0.1) is 19.2 Å². The van der Waals surface area contributed by atoms with E-state index in [1.807, 2.05) is 48.5 Å². The molecule has 27 heavy (non-hydrogen) atoms. The van der Waals surface area contributed by atoms with Gasteiger partial charge in [0.2, 0.25) is 5.91 Å². The third-order valence-corrected chi connectivity index (χ3v) is 4.66. The zero-order valence-electron chi connectivity index (χ0n) is 14.6. The topological polar surface area (TPSA) is 46.9 Å². The second-order valence-corrected chi connectivity index (χ2v) is 6.84. The van der Waals surface area contributed by atoms with Crippen molar-refractivity contribution in [2.75, 3.05) is 5.32 Å². The van der Waals surface area contributed by atoms with Crippen molar-refractivity contribution in [3.63, 3.8) is 0 Å². The van der Waals surface area contributed by atoms with Crippen LogP contribution < -0.4 is 5.32 Å². The summed E-state index contributed by atoms with van der Waals surface area (Å²) < 4.78 is 1.77. The van der Waals surface area contributed by atoms with Crippen LogP contribution in [0, 0.1) is 0 Å². The Morgan fingerprint density at radius 3 is 2.48 bits per heavy atom. The molecule has 1 heterocycles. The lowest BCUT2D eigenvalue weighted by Gasteiger charge is -2.10. The molecule has 0 bridgehead atoms. The van der Waals surface area contributed by atoms with Gasteiger partial charge in [0.15, 0.2) is 0 Å². The first-order chi connectivity index (χ1) is 13.2. The van der Waals surface area contributed by atoms with Crippen molar-refractivity contribution < 1.29 is 4.79 Å². The van der Waals surface area contributed by atoms with E-state index in [9.17, 15) is 4.79 Å². The highest BCUT2D eigenvalue weighted by Gasteiger charge is 2.09. The molecule has 1 amide bonds. The Morgan fingerprint density at radius 2 is 1.67 bits per heavy atom. The number of nitrogens with one attached hydrogen (secondary N) is 1. The Morgan fingerprint density at radius 1 is 0.926 bits per heavy atom. The number of benzene rings is 3. The molecule has 134 valence electrons. The van der Waals surface area contributed by atoms with Crippen molar-refractivity contribution in [1.82, 2.24) is 9.78 Å². The molecule has 0 aliphatic heterocycles. The predicted octanol–water partition coefficient (Wildman–Crippen LogP) is 4.92. The number of halogens is 1. The van der Waals surface area contributed by atoms with Crippen molar-refractivity contribution >= 4 is 34.1 Å². The van der Waals surface area contributed by atoms with Gasteiger partial charge in [-0.1, -0.05) is 66.2 Å². The molecule has 4 aromatic rings. The quantitative estimate of drug-likeness (QED) is 0.538. The second kappa shape index (κ2) is 7.64. The number of nitrogens with zero attached hydrogens (tertiary/aromatic N) is 2. The van der Waals surface area contributed by atoms with E-state index in [2.05, 4.69) is 28.6 Å². The summed E-state index contributed by atoms with van der Waals surface area (Å²) in [6.45, 7) is 0.565. The zero-order valence-corrected chi connectivity index (χ0v) is 15.4. The van der Waals surface area contributed by atoms with Crippen LogP contribution in [0.2, 0.25) is 5.02 Å². The standard InChI is InChI=1S/C22H18ClN3O/c23-20-9-6-16(7-10-20)15-26-21(11-12-24-26)25-22(27)14-17-5-8-18-3-1-2-4-19(18)13-17/h1-13H,14-15H2,(H,25,27). The summed E-state index contributed by atoms with van der Waals surface area (Å²) in [5.41, 5.74) is 2.04. The maximum atomic E-state index is 12.5. The van der Waals surface area contributed by atoms with Crippen molar-refractivity contribution in [2.24, 2.45) is 0 Å². The highest BCUT2D eigenvalue weighted by atomic mass is 35.5. The van der Waals surface area contributed by atoms with Crippen LogP contribution in [-0.2, 0) is 17.8 Å². The van der Waals surface area contributed by atoms with E-state index in [-0.39, 0.29) is 5.91 Å². The van der Waals surface area contributed by atoms with Gasteiger partial charge in [0.1, 0.15) is 5.82 Å². The van der Waals surface area contributed by atoms with E-state index >= 15 is 0 Å². The van der Waals surface area contributed by atoms with Crippen LogP contribution in [-0.4, -0.2) is 15.7 Å². The number of amides is 1. The molecule has 4 nitrogen and oxygen atoms in total. The first-order valence-corrected chi connectivity index (χ1v) is 9.09. The first-order valence-electron chi connectivity index (χ1n) is 8.71. The van der Waals surface area contributed by atoms with Crippen molar-refractivity contribution in [3.8, 4) is 0 Å². The number of carbonyl (C=O) groups is 1. The lowest BCUT2D eigenvalue weighted by atomic mass is 10.1. The Kier molecular flexibility index (Phi) is 4.90.